The van der Waals surface area contributed by atoms with Gasteiger partial charge in [0.25, 0.3) is 0 Å². The van der Waals surface area contributed by atoms with E-state index in [2.05, 4.69) is 46.9 Å². The van der Waals surface area contributed by atoms with E-state index >= 15 is 0 Å². The van der Waals surface area contributed by atoms with E-state index in [9.17, 15) is 0 Å². The summed E-state index contributed by atoms with van der Waals surface area (Å²) in [5, 5.41) is 3.51. The van der Waals surface area contributed by atoms with Crippen LogP contribution in [-0.4, -0.2) is 37.0 Å². The van der Waals surface area contributed by atoms with Crippen LogP contribution in [0.15, 0.2) is 0 Å². The van der Waals surface area contributed by atoms with Crippen molar-refractivity contribution in [1.82, 2.24) is 5.32 Å². The van der Waals surface area contributed by atoms with Crippen LogP contribution in [0, 0.1) is 5.92 Å². The van der Waals surface area contributed by atoms with Crippen LogP contribution in [0.2, 0.25) is 0 Å². The van der Waals surface area contributed by atoms with Crippen LogP contribution in [0.25, 0.3) is 0 Å². The van der Waals surface area contributed by atoms with Crippen LogP contribution in [-0.2, 0) is 9.47 Å². The maximum atomic E-state index is 6.42. The molecule has 1 aliphatic rings. The standard InChI is InChI=1S/C14H29NO2/c1-11(2)14(6)10-15-9-13(5,17-14)8-12(3,4)16-7/h11,15H,8-10H2,1-7H3. The summed E-state index contributed by atoms with van der Waals surface area (Å²) in [7, 11) is 1.77. The molecule has 0 radical (unpaired) electrons. The van der Waals surface area contributed by atoms with Gasteiger partial charge < -0.3 is 14.8 Å². The van der Waals surface area contributed by atoms with Gasteiger partial charge in [0, 0.05) is 26.6 Å². The number of ether oxygens (including phenoxy) is 2. The SMILES string of the molecule is COC(C)(C)CC1(C)CNCC(C)(C(C)C)O1. The summed E-state index contributed by atoms with van der Waals surface area (Å²) in [6.07, 6.45) is 0.895. The van der Waals surface area contributed by atoms with Gasteiger partial charge in [0.05, 0.1) is 16.8 Å². The number of hydrogen-bond acceptors (Lipinski definition) is 3. The highest BCUT2D eigenvalue weighted by molar-refractivity contribution is 4.96. The maximum Gasteiger partial charge on any atom is 0.0813 e. The van der Waals surface area contributed by atoms with Crippen molar-refractivity contribution in [2.75, 3.05) is 20.2 Å². The van der Waals surface area contributed by atoms with Crippen molar-refractivity contribution in [3.05, 3.63) is 0 Å². The molecule has 1 saturated heterocycles. The Kier molecular flexibility index (Phi) is 4.28. The van der Waals surface area contributed by atoms with Gasteiger partial charge in [-0.3, -0.25) is 0 Å². The number of methoxy groups -OCH3 is 1. The van der Waals surface area contributed by atoms with Crippen molar-refractivity contribution in [3.8, 4) is 0 Å². The Balaban J connectivity index is 2.77. The first-order chi connectivity index (χ1) is 7.63. The Hall–Kier alpha value is -0.120. The summed E-state index contributed by atoms with van der Waals surface area (Å²) in [4.78, 5) is 0. The zero-order valence-electron chi connectivity index (χ0n) is 12.5. The Morgan fingerprint density at radius 1 is 1.29 bits per heavy atom. The summed E-state index contributed by atoms with van der Waals surface area (Å²) in [6.45, 7) is 14.9. The van der Waals surface area contributed by atoms with Crippen molar-refractivity contribution >= 4 is 0 Å². The molecule has 0 aliphatic carbocycles. The van der Waals surface area contributed by atoms with E-state index in [1.807, 2.05) is 0 Å². The molecule has 2 atom stereocenters. The van der Waals surface area contributed by atoms with Crippen molar-refractivity contribution in [2.45, 2.75) is 64.8 Å². The molecule has 1 heterocycles. The molecule has 0 bridgehead atoms. The molecule has 1 rings (SSSR count). The minimum Gasteiger partial charge on any atom is -0.379 e. The summed E-state index contributed by atoms with van der Waals surface area (Å²) in [5.74, 6) is 0.500. The molecule has 1 N–H and O–H groups in total. The van der Waals surface area contributed by atoms with Crippen molar-refractivity contribution in [3.63, 3.8) is 0 Å². The predicted octanol–water partition coefficient (Wildman–Crippen LogP) is 2.59. The van der Waals surface area contributed by atoms with Gasteiger partial charge in [-0.2, -0.15) is 0 Å². The molecule has 102 valence electrons. The molecule has 0 spiro atoms. The second-order valence-electron chi connectivity index (χ2n) is 6.76. The molecule has 0 aromatic heterocycles. The average Bonchev–Trinajstić information content (AvgIpc) is 2.15. The van der Waals surface area contributed by atoms with Gasteiger partial charge in [0.1, 0.15) is 0 Å². The maximum absolute atomic E-state index is 6.42. The lowest BCUT2D eigenvalue weighted by Crippen LogP contribution is -2.61. The average molecular weight is 243 g/mol. The van der Waals surface area contributed by atoms with Crippen molar-refractivity contribution in [2.24, 2.45) is 5.92 Å². The third kappa shape index (κ3) is 3.67. The highest BCUT2D eigenvalue weighted by atomic mass is 16.5. The quantitative estimate of drug-likeness (QED) is 0.823. The Labute approximate surface area is 106 Å². The molecule has 0 aromatic carbocycles. The lowest BCUT2D eigenvalue weighted by atomic mass is 9.84. The summed E-state index contributed by atoms with van der Waals surface area (Å²) in [6, 6.07) is 0. The number of rotatable bonds is 4. The lowest BCUT2D eigenvalue weighted by Gasteiger charge is -2.49. The normalized spacial score (nSPS) is 35.3. The van der Waals surface area contributed by atoms with Gasteiger partial charge >= 0.3 is 0 Å². The molecule has 2 unspecified atom stereocenters. The Morgan fingerprint density at radius 2 is 1.88 bits per heavy atom. The minimum atomic E-state index is -0.156. The Morgan fingerprint density at radius 3 is 2.35 bits per heavy atom. The number of hydrogen-bond donors (Lipinski definition) is 1. The topological polar surface area (TPSA) is 30.5 Å². The highest BCUT2D eigenvalue weighted by Gasteiger charge is 2.44. The summed E-state index contributed by atoms with van der Waals surface area (Å²) in [5.41, 5.74) is -0.390. The minimum absolute atomic E-state index is 0.0865. The second-order valence-corrected chi connectivity index (χ2v) is 6.76. The zero-order chi connectivity index (χ0) is 13.3. The zero-order valence-corrected chi connectivity index (χ0v) is 12.5. The number of nitrogens with one attached hydrogen (secondary N) is 1. The van der Waals surface area contributed by atoms with E-state index < -0.39 is 0 Å². The smallest absolute Gasteiger partial charge is 0.0813 e. The molecule has 3 heteroatoms. The number of morpholine rings is 1. The van der Waals surface area contributed by atoms with Gasteiger partial charge in [0.15, 0.2) is 0 Å². The van der Waals surface area contributed by atoms with Crippen LogP contribution in [0.1, 0.15) is 48.0 Å². The molecule has 17 heavy (non-hydrogen) atoms. The van der Waals surface area contributed by atoms with Crippen molar-refractivity contribution < 1.29 is 9.47 Å². The molecule has 3 nitrogen and oxygen atoms in total. The monoisotopic (exact) mass is 243 g/mol. The second kappa shape index (κ2) is 4.87. The van der Waals surface area contributed by atoms with Crippen LogP contribution in [0.3, 0.4) is 0 Å². The van der Waals surface area contributed by atoms with Crippen LogP contribution >= 0.6 is 0 Å². The molecule has 1 aliphatic heterocycles. The molecule has 0 amide bonds. The molecule has 0 saturated carbocycles. The fraction of sp³-hybridized carbons (Fsp3) is 1.00. The molecule has 1 fully saturated rings. The van der Waals surface area contributed by atoms with E-state index in [0.29, 0.717) is 5.92 Å². The Bertz CT molecular complexity index is 265. The lowest BCUT2D eigenvalue weighted by molar-refractivity contribution is -0.201. The molecule has 0 aromatic rings. The predicted molar refractivity (Wildman–Crippen MR) is 71.3 cm³/mol. The van der Waals surface area contributed by atoms with Crippen LogP contribution in [0.5, 0.6) is 0 Å². The molecular weight excluding hydrogens is 214 g/mol. The third-order valence-electron chi connectivity index (χ3n) is 4.03. The first-order valence-electron chi connectivity index (χ1n) is 6.59. The fourth-order valence-corrected chi connectivity index (χ4v) is 2.60. The van der Waals surface area contributed by atoms with E-state index in [0.717, 1.165) is 19.5 Å². The third-order valence-corrected chi connectivity index (χ3v) is 4.03. The van der Waals surface area contributed by atoms with Crippen LogP contribution in [0.4, 0.5) is 0 Å². The first kappa shape index (κ1) is 14.9. The van der Waals surface area contributed by atoms with E-state index in [-0.39, 0.29) is 16.8 Å². The van der Waals surface area contributed by atoms with Crippen LogP contribution < -0.4 is 5.32 Å². The summed E-state index contributed by atoms with van der Waals surface area (Å²) < 4.78 is 11.9. The summed E-state index contributed by atoms with van der Waals surface area (Å²) >= 11 is 0. The largest absolute Gasteiger partial charge is 0.379 e. The van der Waals surface area contributed by atoms with Gasteiger partial charge in [-0.25, -0.2) is 0 Å². The van der Waals surface area contributed by atoms with E-state index in [4.69, 9.17) is 9.47 Å². The van der Waals surface area contributed by atoms with E-state index in [1.165, 1.54) is 0 Å². The van der Waals surface area contributed by atoms with E-state index in [1.54, 1.807) is 7.11 Å². The fourth-order valence-electron chi connectivity index (χ4n) is 2.60. The van der Waals surface area contributed by atoms with Gasteiger partial charge in [-0.05, 0) is 33.6 Å². The van der Waals surface area contributed by atoms with Gasteiger partial charge in [-0.1, -0.05) is 13.8 Å². The van der Waals surface area contributed by atoms with Gasteiger partial charge in [-0.15, -0.1) is 0 Å². The first-order valence-corrected chi connectivity index (χ1v) is 6.59. The van der Waals surface area contributed by atoms with Crippen molar-refractivity contribution in [1.29, 1.82) is 0 Å². The van der Waals surface area contributed by atoms with Gasteiger partial charge in [0.2, 0.25) is 0 Å². The highest BCUT2D eigenvalue weighted by Crippen LogP contribution is 2.35. The molecular formula is C14H29NO2.